The Kier molecular flexibility index (Phi) is 5.43. The highest BCUT2D eigenvalue weighted by Gasteiger charge is 2.35. The van der Waals surface area contributed by atoms with Crippen molar-refractivity contribution in [2.45, 2.75) is 43.9 Å². The molecule has 0 amide bonds. The van der Waals surface area contributed by atoms with Gasteiger partial charge in [-0.05, 0) is 49.6 Å². The second kappa shape index (κ2) is 8.26. The molecule has 0 saturated carbocycles. The average Bonchev–Trinajstić information content (AvgIpc) is 2.84. The van der Waals surface area contributed by atoms with Gasteiger partial charge in [0.25, 0.3) is 5.92 Å². The zero-order valence-electron chi connectivity index (χ0n) is 17.8. The maximum atomic E-state index is 13.9. The van der Waals surface area contributed by atoms with Crippen LogP contribution in [0.3, 0.4) is 0 Å². The number of morpholine rings is 1. The predicted molar refractivity (Wildman–Crippen MR) is 119 cm³/mol. The number of ether oxygens (including phenoxy) is 1. The first kappa shape index (κ1) is 21.0. The fourth-order valence-electron chi connectivity index (χ4n) is 4.65. The van der Waals surface area contributed by atoms with Crippen molar-refractivity contribution in [1.29, 1.82) is 0 Å². The molecule has 3 aromatic rings. The maximum absolute atomic E-state index is 13.9. The molecular weight excluding hydrogens is 414 g/mol. The van der Waals surface area contributed by atoms with Crippen LogP contribution in [0.1, 0.15) is 36.9 Å². The van der Waals surface area contributed by atoms with Gasteiger partial charge in [0.1, 0.15) is 6.61 Å². The molecule has 0 aliphatic carbocycles. The predicted octanol–water partition coefficient (Wildman–Crippen LogP) is 4.25. The lowest BCUT2D eigenvalue weighted by molar-refractivity contribution is -0.0556. The van der Waals surface area contributed by atoms with Crippen LogP contribution >= 0.6 is 0 Å². The Balaban J connectivity index is 1.44. The summed E-state index contributed by atoms with van der Waals surface area (Å²) in [5.41, 5.74) is 3.19. The Morgan fingerprint density at radius 2 is 2.12 bits per heavy atom. The summed E-state index contributed by atoms with van der Waals surface area (Å²) >= 11 is 0. The third-order valence-corrected chi connectivity index (χ3v) is 6.52. The minimum atomic E-state index is -3.27. The summed E-state index contributed by atoms with van der Waals surface area (Å²) in [5, 5.41) is 21.7. The number of anilines is 2. The highest BCUT2D eigenvalue weighted by molar-refractivity contribution is 5.93. The van der Waals surface area contributed by atoms with Gasteiger partial charge < -0.3 is 20.1 Å². The van der Waals surface area contributed by atoms with Gasteiger partial charge in [-0.25, -0.2) is 0 Å². The van der Waals surface area contributed by atoms with Crippen LogP contribution in [0.2, 0.25) is 0 Å². The SMILES string of the molecule is C[C@@H](Nc1cnnc2ccc(N3CC4CCC3CO4)cc12)c1cccc(C(F)(F)CO)c1. The van der Waals surface area contributed by atoms with Gasteiger partial charge >= 0.3 is 0 Å². The van der Waals surface area contributed by atoms with Crippen LogP contribution in [0, 0.1) is 0 Å². The molecule has 3 saturated heterocycles. The van der Waals surface area contributed by atoms with Crippen molar-refractivity contribution >= 4 is 22.3 Å². The standard InChI is InChI=1S/C24H26F2N4O2/c1-15(16-3-2-4-17(9-16)24(25,26)14-31)28-23-11-27-29-22-8-6-18(10-21(22)23)30-12-20-7-5-19(30)13-32-20/h2-4,6,8-11,15,19-20,31H,5,7,12-14H2,1H3,(H,28,29)/t15-,19?,20?/m1/s1. The lowest BCUT2D eigenvalue weighted by Gasteiger charge is -2.46. The monoisotopic (exact) mass is 440 g/mol. The molecule has 2 aromatic carbocycles. The van der Waals surface area contributed by atoms with Gasteiger partial charge in [-0.1, -0.05) is 18.2 Å². The minimum Gasteiger partial charge on any atom is -0.390 e. The van der Waals surface area contributed by atoms with Gasteiger partial charge in [0.15, 0.2) is 0 Å². The van der Waals surface area contributed by atoms with E-state index in [1.807, 2.05) is 13.0 Å². The number of nitrogens with zero attached hydrogens (tertiary/aromatic N) is 3. The lowest BCUT2D eigenvalue weighted by Crippen LogP contribution is -2.54. The molecule has 3 aliphatic rings. The Morgan fingerprint density at radius 1 is 1.25 bits per heavy atom. The van der Waals surface area contributed by atoms with E-state index in [-0.39, 0.29) is 17.7 Å². The van der Waals surface area contributed by atoms with Gasteiger partial charge in [0.05, 0.1) is 36.2 Å². The molecule has 3 fully saturated rings. The Bertz CT molecular complexity index is 1120. The summed E-state index contributed by atoms with van der Waals surface area (Å²) in [4.78, 5) is 2.41. The molecule has 0 radical (unpaired) electrons. The largest absolute Gasteiger partial charge is 0.390 e. The number of halogens is 2. The third kappa shape index (κ3) is 3.89. The van der Waals surface area contributed by atoms with E-state index in [1.54, 1.807) is 18.3 Å². The molecule has 4 heterocycles. The van der Waals surface area contributed by atoms with E-state index < -0.39 is 12.5 Å². The number of aliphatic hydroxyl groups is 1. The highest BCUT2D eigenvalue weighted by Crippen LogP contribution is 2.35. The molecule has 2 bridgehead atoms. The number of hydrogen-bond donors (Lipinski definition) is 2. The topological polar surface area (TPSA) is 70.5 Å². The summed E-state index contributed by atoms with van der Waals surface area (Å²) in [6.45, 7) is 2.34. The van der Waals surface area contributed by atoms with E-state index >= 15 is 0 Å². The van der Waals surface area contributed by atoms with Crippen molar-refractivity contribution in [1.82, 2.24) is 10.2 Å². The molecule has 3 aliphatic heterocycles. The second-order valence-corrected chi connectivity index (χ2v) is 8.65. The van der Waals surface area contributed by atoms with E-state index in [9.17, 15) is 8.78 Å². The van der Waals surface area contributed by atoms with Gasteiger partial charge in [0.2, 0.25) is 0 Å². The summed E-state index contributed by atoms with van der Waals surface area (Å²) in [5.74, 6) is -3.27. The normalized spacial score (nSPS) is 21.7. The number of fused-ring (bicyclic) bond motifs is 4. The Labute approximate surface area is 185 Å². The summed E-state index contributed by atoms with van der Waals surface area (Å²) in [6, 6.07) is 12.4. The number of rotatable bonds is 6. The van der Waals surface area contributed by atoms with Crippen molar-refractivity contribution in [3.8, 4) is 0 Å². The van der Waals surface area contributed by atoms with Crippen LogP contribution in [0.15, 0.2) is 48.7 Å². The molecule has 2 N–H and O–H groups in total. The van der Waals surface area contributed by atoms with E-state index in [1.165, 1.54) is 12.1 Å². The first-order valence-electron chi connectivity index (χ1n) is 10.9. The average molecular weight is 440 g/mol. The fourth-order valence-corrected chi connectivity index (χ4v) is 4.65. The first-order chi connectivity index (χ1) is 15.4. The molecule has 32 heavy (non-hydrogen) atoms. The molecular formula is C24H26F2N4O2. The van der Waals surface area contributed by atoms with Crippen LogP contribution in [0.5, 0.6) is 0 Å². The van der Waals surface area contributed by atoms with Crippen molar-refractivity contribution in [2.75, 3.05) is 30.0 Å². The first-order valence-corrected chi connectivity index (χ1v) is 10.9. The number of aromatic nitrogens is 2. The molecule has 1 aromatic heterocycles. The van der Waals surface area contributed by atoms with Crippen LogP contribution in [-0.4, -0.2) is 47.2 Å². The minimum absolute atomic E-state index is 0.200. The van der Waals surface area contributed by atoms with Crippen molar-refractivity contribution in [2.24, 2.45) is 0 Å². The van der Waals surface area contributed by atoms with Crippen molar-refractivity contribution in [3.05, 3.63) is 59.8 Å². The molecule has 6 rings (SSSR count). The van der Waals surface area contributed by atoms with Crippen LogP contribution in [0.4, 0.5) is 20.2 Å². The van der Waals surface area contributed by atoms with E-state index in [0.29, 0.717) is 11.6 Å². The van der Waals surface area contributed by atoms with E-state index in [0.717, 1.165) is 48.3 Å². The fraction of sp³-hybridized carbons (Fsp3) is 0.417. The van der Waals surface area contributed by atoms with Gasteiger partial charge in [-0.15, -0.1) is 0 Å². The number of benzene rings is 2. The smallest absolute Gasteiger partial charge is 0.295 e. The zero-order chi connectivity index (χ0) is 22.3. The molecule has 6 nitrogen and oxygen atoms in total. The molecule has 8 heteroatoms. The number of aliphatic hydroxyl groups excluding tert-OH is 1. The maximum Gasteiger partial charge on any atom is 0.295 e. The Hall–Kier alpha value is -2.84. The summed E-state index contributed by atoms with van der Waals surface area (Å²) in [6.07, 6.45) is 4.20. The molecule has 168 valence electrons. The van der Waals surface area contributed by atoms with Crippen LogP contribution in [-0.2, 0) is 10.7 Å². The van der Waals surface area contributed by atoms with Gasteiger partial charge in [-0.3, -0.25) is 0 Å². The number of hydrogen-bond acceptors (Lipinski definition) is 6. The Morgan fingerprint density at radius 3 is 2.84 bits per heavy atom. The lowest BCUT2D eigenvalue weighted by atomic mass is 9.96. The van der Waals surface area contributed by atoms with Crippen molar-refractivity contribution < 1.29 is 18.6 Å². The highest BCUT2D eigenvalue weighted by atomic mass is 19.3. The number of alkyl halides is 2. The quantitative estimate of drug-likeness (QED) is 0.597. The van der Waals surface area contributed by atoms with Gasteiger partial charge in [-0.2, -0.15) is 19.0 Å². The van der Waals surface area contributed by atoms with E-state index in [4.69, 9.17) is 9.84 Å². The van der Waals surface area contributed by atoms with Crippen LogP contribution in [0.25, 0.3) is 10.9 Å². The molecule has 0 spiro atoms. The van der Waals surface area contributed by atoms with E-state index in [2.05, 4.69) is 32.5 Å². The zero-order valence-corrected chi connectivity index (χ0v) is 17.8. The van der Waals surface area contributed by atoms with Crippen molar-refractivity contribution in [3.63, 3.8) is 0 Å². The molecule has 2 unspecified atom stereocenters. The second-order valence-electron chi connectivity index (χ2n) is 8.65. The van der Waals surface area contributed by atoms with Gasteiger partial charge in [0, 0.05) is 29.2 Å². The summed E-state index contributed by atoms with van der Waals surface area (Å²) < 4.78 is 33.7. The number of nitrogens with one attached hydrogen (secondary N) is 1. The third-order valence-electron chi connectivity index (χ3n) is 6.52. The van der Waals surface area contributed by atoms with Crippen LogP contribution < -0.4 is 10.2 Å². The number of piperidine rings is 1. The molecule has 3 atom stereocenters. The summed E-state index contributed by atoms with van der Waals surface area (Å²) in [7, 11) is 0.